The van der Waals surface area contributed by atoms with Crippen LogP contribution in [0, 0.1) is 0 Å². The van der Waals surface area contributed by atoms with Gasteiger partial charge in [-0.15, -0.1) is 11.8 Å². The predicted molar refractivity (Wildman–Crippen MR) is 180 cm³/mol. The molecule has 0 aliphatic heterocycles. The highest BCUT2D eigenvalue weighted by molar-refractivity contribution is 8.00. The van der Waals surface area contributed by atoms with Crippen LogP contribution >= 0.6 is 35.0 Å². The molecule has 2 N–H and O–H groups in total. The maximum atomic E-state index is 13.3. The SMILES string of the molecule is O=C(Nc1ccc(SCC(=O)c2ccc(-c3ccccc3)cc2)cc1)/C(=C/c1ccc(Cl)cc1Cl)NC(=O)c1ccccc1. The fourth-order valence-corrected chi connectivity index (χ4v) is 5.52. The van der Waals surface area contributed by atoms with Crippen LogP contribution in [-0.2, 0) is 4.79 Å². The minimum Gasteiger partial charge on any atom is -0.321 e. The first kappa shape index (κ1) is 30.8. The van der Waals surface area contributed by atoms with Crippen LogP contribution in [0.25, 0.3) is 17.2 Å². The molecule has 0 fully saturated rings. The third kappa shape index (κ3) is 8.26. The van der Waals surface area contributed by atoms with Crippen LogP contribution in [0.5, 0.6) is 0 Å². The summed E-state index contributed by atoms with van der Waals surface area (Å²) in [4.78, 5) is 39.9. The molecule has 0 radical (unpaired) electrons. The van der Waals surface area contributed by atoms with Crippen LogP contribution in [0.15, 0.2) is 138 Å². The number of carbonyl (C=O) groups excluding carboxylic acids is 3. The van der Waals surface area contributed by atoms with E-state index in [1.165, 1.54) is 17.8 Å². The standard InChI is InChI=1S/C36H26Cl2N2O3S/c37-29-16-15-28(32(38)22-29)21-33(40-35(42)27-9-5-2-6-10-27)36(43)39-30-17-19-31(20-18-30)44-23-34(41)26-13-11-25(12-14-26)24-7-3-1-4-8-24/h1-22H,23H2,(H,39,43)(H,40,42)/b33-21-. The summed E-state index contributed by atoms with van der Waals surface area (Å²) in [5, 5.41) is 6.30. The highest BCUT2D eigenvalue weighted by atomic mass is 35.5. The normalized spacial score (nSPS) is 11.1. The minimum atomic E-state index is -0.533. The quantitative estimate of drug-likeness (QED) is 0.0911. The summed E-state index contributed by atoms with van der Waals surface area (Å²) in [6, 6.07) is 38.2. The van der Waals surface area contributed by atoms with Gasteiger partial charge >= 0.3 is 0 Å². The molecule has 5 aromatic rings. The van der Waals surface area contributed by atoms with Crippen LogP contribution in [0.3, 0.4) is 0 Å². The van der Waals surface area contributed by atoms with E-state index in [2.05, 4.69) is 10.6 Å². The number of benzene rings is 5. The smallest absolute Gasteiger partial charge is 0.272 e. The maximum absolute atomic E-state index is 13.3. The lowest BCUT2D eigenvalue weighted by atomic mass is 10.0. The maximum Gasteiger partial charge on any atom is 0.272 e. The second kappa shape index (κ2) is 14.7. The van der Waals surface area contributed by atoms with Gasteiger partial charge in [0, 0.05) is 31.8 Å². The first-order chi connectivity index (χ1) is 21.4. The van der Waals surface area contributed by atoms with Crippen LogP contribution in [0.2, 0.25) is 10.0 Å². The van der Waals surface area contributed by atoms with E-state index in [1.807, 2.05) is 66.7 Å². The molecule has 8 heteroatoms. The van der Waals surface area contributed by atoms with Gasteiger partial charge in [-0.25, -0.2) is 0 Å². The fraction of sp³-hybridized carbons (Fsp3) is 0.0278. The van der Waals surface area contributed by atoms with Crippen molar-refractivity contribution < 1.29 is 14.4 Å². The molecule has 0 atom stereocenters. The molecule has 0 bridgehead atoms. The van der Waals surface area contributed by atoms with Crippen molar-refractivity contribution in [2.75, 3.05) is 11.1 Å². The minimum absolute atomic E-state index is 0.00501. The molecule has 0 unspecified atom stereocenters. The number of nitrogens with one attached hydrogen (secondary N) is 2. The molecule has 2 amide bonds. The Labute approximate surface area is 269 Å². The number of hydrogen-bond donors (Lipinski definition) is 2. The Morgan fingerprint density at radius 2 is 1.32 bits per heavy atom. The van der Waals surface area contributed by atoms with Crippen molar-refractivity contribution in [2.45, 2.75) is 4.90 Å². The van der Waals surface area contributed by atoms with Crippen molar-refractivity contribution >= 4 is 64.3 Å². The molecule has 5 nitrogen and oxygen atoms in total. The molecular weight excluding hydrogens is 611 g/mol. The number of amides is 2. The molecule has 0 aliphatic rings. The summed E-state index contributed by atoms with van der Waals surface area (Å²) >= 11 is 13.8. The van der Waals surface area contributed by atoms with Crippen molar-refractivity contribution in [2.24, 2.45) is 0 Å². The highest BCUT2D eigenvalue weighted by Gasteiger charge is 2.16. The number of carbonyl (C=O) groups is 3. The Bertz CT molecular complexity index is 1810. The lowest BCUT2D eigenvalue weighted by Crippen LogP contribution is -2.30. The predicted octanol–water partition coefficient (Wildman–Crippen LogP) is 9.04. The van der Waals surface area contributed by atoms with Crippen LogP contribution in [-0.4, -0.2) is 23.4 Å². The van der Waals surface area contributed by atoms with Gasteiger partial charge in [0.2, 0.25) is 0 Å². The van der Waals surface area contributed by atoms with Crippen molar-refractivity contribution in [3.63, 3.8) is 0 Å². The zero-order chi connectivity index (χ0) is 30.9. The summed E-state index contributed by atoms with van der Waals surface area (Å²) in [5.41, 5.74) is 4.25. The largest absolute Gasteiger partial charge is 0.321 e. The first-order valence-electron chi connectivity index (χ1n) is 13.6. The van der Waals surface area contributed by atoms with E-state index in [9.17, 15) is 14.4 Å². The third-order valence-electron chi connectivity index (χ3n) is 6.59. The molecule has 0 heterocycles. The van der Waals surface area contributed by atoms with Crippen molar-refractivity contribution in [1.82, 2.24) is 5.32 Å². The van der Waals surface area contributed by atoms with Gasteiger partial charge in [0.05, 0.1) is 5.75 Å². The molecule has 44 heavy (non-hydrogen) atoms. The van der Waals surface area contributed by atoms with Gasteiger partial charge in [0.1, 0.15) is 5.70 Å². The van der Waals surface area contributed by atoms with Gasteiger partial charge in [-0.1, -0.05) is 102 Å². The van der Waals surface area contributed by atoms with Gasteiger partial charge in [-0.05, 0) is 71.3 Å². The summed E-state index contributed by atoms with van der Waals surface area (Å²) in [6.45, 7) is 0. The summed E-state index contributed by atoms with van der Waals surface area (Å²) in [6.07, 6.45) is 1.50. The third-order valence-corrected chi connectivity index (χ3v) is 8.16. The molecule has 5 rings (SSSR count). The Balaban J connectivity index is 1.23. The van der Waals surface area contributed by atoms with Gasteiger partial charge in [0.25, 0.3) is 11.8 Å². The van der Waals surface area contributed by atoms with Crippen LogP contribution in [0.1, 0.15) is 26.3 Å². The van der Waals surface area contributed by atoms with E-state index in [1.54, 1.807) is 60.7 Å². The van der Waals surface area contributed by atoms with Gasteiger partial charge < -0.3 is 10.6 Å². The second-order valence-electron chi connectivity index (χ2n) is 9.68. The van der Waals surface area contributed by atoms with Crippen molar-refractivity contribution in [3.8, 4) is 11.1 Å². The van der Waals surface area contributed by atoms with E-state index in [-0.39, 0.29) is 17.2 Å². The summed E-state index contributed by atoms with van der Waals surface area (Å²) in [7, 11) is 0. The van der Waals surface area contributed by atoms with Crippen molar-refractivity contribution in [3.05, 3.63) is 160 Å². The topological polar surface area (TPSA) is 75.3 Å². The zero-order valence-electron chi connectivity index (χ0n) is 23.3. The number of ketones is 1. The van der Waals surface area contributed by atoms with Gasteiger partial charge in [-0.2, -0.15) is 0 Å². The fourth-order valence-electron chi connectivity index (χ4n) is 4.26. The Morgan fingerprint density at radius 1 is 0.682 bits per heavy atom. The van der Waals surface area contributed by atoms with Crippen LogP contribution in [0.4, 0.5) is 5.69 Å². The molecule has 0 saturated heterocycles. The second-order valence-corrected chi connectivity index (χ2v) is 11.6. The average Bonchev–Trinajstić information content (AvgIpc) is 3.06. The molecule has 0 saturated carbocycles. The zero-order valence-corrected chi connectivity index (χ0v) is 25.6. The van der Waals surface area contributed by atoms with E-state index in [0.29, 0.717) is 32.4 Å². The number of anilines is 1. The van der Waals surface area contributed by atoms with E-state index < -0.39 is 11.8 Å². The Hall–Kier alpha value is -4.62. The van der Waals surface area contributed by atoms with E-state index in [0.717, 1.165) is 16.0 Å². The summed E-state index contributed by atoms with van der Waals surface area (Å²) in [5.74, 6) is -0.675. The molecular formula is C36H26Cl2N2O3S. The van der Waals surface area contributed by atoms with Crippen molar-refractivity contribution in [1.29, 1.82) is 0 Å². The molecule has 0 aromatic heterocycles. The van der Waals surface area contributed by atoms with Gasteiger partial charge in [0.15, 0.2) is 5.78 Å². The summed E-state index contributed by atoms with van der Waals surface area (Å²) < 4.78 is 0. The molecule has 0 aliphatic carbocycles. The Kier molecular flexibility index (Phi) is 10.3. The Morgan fingerprint density at radius 3 is 1.98 bits per heavy atom. The molecule has 218 valence electrons. The molecule has 0 spiro atoms. The number of thioether (sulfide) groups is 1. The monoisotopic (exact) mass is 636 g/mol. The van der Waals surface area contributed by atoms with Crippen LogP contribution < -0.4 is 10.6 Å². The van der Waals surface area contributed by atoms with Gasteiger partial charge in [-0.3, -0.25) is 14.4 Å². The highest BCUT2D eigenvalue weighted by Crippen LogP contribution is 2.25. The average molecular weight is 638 g/mol. The van der Waals surface area contributed by atoms with E-state index >= 15 is 0 Å². The number of rotatable bonds is 10. The number of hydrogen-bond acceptors (Lipinski definition) is 4. The number of Topliss-reactive ketones (excluding diaryl/α,β-unsaturated/α-hetero) is 1. The lowest BCUT2D eigenvalue weighted by molar-refractivity contribution is -0.113. The number of halogens is 2. The molecule has 5 aromatic carbocycles. The lowest BCUT2D eigenvalue weighted by Gasteiger charge is -2.12. The first-order valence-corrected chi connectivity index (χ1v) is 15.4. The van der Waals surface area contributed by atoms with E-state index in [4.69, 9.17) is 23.2 Å².